The Bertz CT molecular complexity index is 542. The zero-order valence-corrected chi connectivity index (χ0v) is 14.1. The summed E-state index contributed by atoms with van der Waals surface area (Å²) >= 11 is 0. The molecular weight excluding hydrogens is 296 g/mol. The Labute approximate surface area is 137 Å². The molecule has 0 saturated carbocycles. The van der Waals surface area contributed by atoms with Crippen LogP contribution in [0.4, 0.5) is 0 Å². The summed E-state index contributed by atoms with van der Waals surface area (Å²) in [6, 6.07) is 9.21. The summed E-state index contributed by atoms with van der Waals surface area (Å²) in [5.41, 5.74) is 0.256. The maximum Gasteiger partial charge on any atom is 0.316 e. The molecule has 5 heteroatoms. The highest BCUT2D eigenvalue weighted by Crippen LogP contribution is 2.15. The first kappa shape index (κ1) is 18.9. The second-order valence-corrected chi connectivity index (χ2v) is 6.38. The lowest BCUT2D eigenvalue weighted by molar-refractivity contribution is -0.156. The van der Waals surface area contributed by atoms with Gasteiger partial charge in [0.2, 0.25) is 0 Å². The molecule has 0 saturated heterocycles. The number of rotatable bonds is 7. The van der Waals surface area contributed by atoms with Gasteiger partial charge < -0.3 is 9.47 Å². The number of hydrogen-bond acceptors (Lipinski definition) is 5. The molecule has 1 rings (SSSR count). The van der Waals surface area contributed by atoms with E-state index in [9.17, 15) is 14.4 Å². The fraction of sp³-hybridized carbons (Fsp3) is 0.500. The van der Waals surface area contributed by atoms with Gasteiger partial charge in [0.15, 0.2) is 0 Å². The van der Waals surface area contributed by atoms with E-state index in [0.717, 1.165) is 5.56 Å². The normalized spacial score (nSPS) is 12.3. The molecule has 0 aromatic heterocycles. The van der Waals surface area contributed by atoms with Crippen LogP contribution in [0, 0.1) is 5.92 Å². The predicted octanol–water partition coefficient (Wildman–Crippen LogP) is 3.06. The Morgan fingerprint density at radius 2 is 1.70 bits per heavy atom. The first-order valence-electron chi connectivity index (χ1n) is 7.62. The number of carbonyl (C=O) groups excluding carboxylic acids is 3. The van der Waals surface area contributed by atoms with E-state index < -0.39 is 23.5 Å². The van der Waals surface area contributed by atoms with Crippen LogP contribution in [0.25, 0.3) is 0 Å². The lowest BCUT2D eigenvalue weighted by Crippen LogP contribution is -2.27. The van der Waals surface area contributed by atoms with Gasteiger partial charge in [-0.1, -0.05) is 30.3 Å². The monoisotopic (exact) mass is 320 g/mol. The van der Waals surface area contributed by atoms with Crippen LogP contribution in [-0.2, 0) is 30.5 Å². The zero-order valence-electron chi connectivity index (χ0n) is 14.1. The smallest absolute Gasteiger partial charge is 0.316 e. The van der Waals surface area contributed by atoms with Gasteiger partial charge in [0.05, 0.1) is 0 Å². The maximum atomic E-state index is 12.1. The molecule has 0 N–H and O–H groups in total. The first-order valence-corrected chi connectivity index (χ1v) is 7.62. The molecule has 23 heavy (non-hydrogen) atoms. The standard InChI is InChI=1S/C18H24O5/c1-13(19)15(10-11-16(20)23-18(2,3)4)17(21)22-12-14-8-6-5-7-9-14/h5-9,15H,10-12H2,1-4H3. The highest BCUT2D eigenvalue weighted by Gasteiger charge is 2.27. The molecule has 0 aliphatic rings. The Hall–Kier alpha value is -2.17. The molecule has 1 unspecified atom stereocenters. The molecule has 126 valence electrons. The van der Waals surface area contributed by atoms with Crippen molar-refractivity contribution in [3.8, 4) is 0 Å². The highest BCUT2D eigenvalue weighted by atomic mass is 16.6. The van der Waals surface area contributed by atoms with E-state index in [4.69, 9.17) is 9.47 Å². The van der Waals surface area contributed by atoms with Crippen molar-refractivity contribution >= 4 is 17.7 Å². The molecule has 0 spiro atoms. The van der Waals surface area contributed by atoms with E-state index in [1.165, 1.54) is 6.92 Å². The van der Waals surface area contributed by atoms with Crippen molar-refractivity contribution in [2.45, 2.75) is 52.7 Å². The van der Waals surface area contributed by atoms with Crippen molar-refractivity contribution in [2.75, 3.05) is 0 Å². The predicted molar refractivity (Wildman–Crippen MR) is 85.5 cm³/mol. The van der Waals surface area contributed by atoms with Crippen LogP contribution in [-0.4, -0.2) is 23.3 Å². The van der Waals surface area contributed by atoms with Crippen LogP contribution in [0.2, 0.25) is 0 Å². The van der Waals surface area contributed by atoms with Gasteiger partial charge >= 0.3 is 11.9 Å². The van der Waals surface area contributed by atoms with E-state index in [-0.39, 0.29) is 25.2 Å². The van der Waals surface area contributed by atoms with Gasteiger partial charge in [0.1, 0.15) is 23.9 Å². The average molecular weight is 320 g/mol. The maximum absolute atomic E-state index is 12.1. The number of hydrogen-bond donors (Lipinski definition) is 0. The molecule has 1 atom stereocenters. The SMILES string of the molecule is CC(=O)C(CCC(=O)OC(C)(C)C)C(=O)OCc1ccccc1. The number of ketones is 1. The summed E-state index contributed by atoms with van der Waals surface area (Å²) in [7, 11) is 0. The van der Waals surface area contributed by atoms with Crippen LogP contribution in [0.1, 0.15) is 46.1 Å². The van der Waals surface area contributed by atoms with E-state index in [0.29, 0.717) is 0 Å². The minimum atomic E-state index is -0.939. The quantitative estimate of drug-likeness (QED) is 0.570. The van der Waals surface area contributed by atoms with Gasteiger partial charge in [-0.3, -0.25) is 14.4 Å². The summed E-state index contributed by atoms with van der Waals surface area (Å²) in [6.07, 6.45) is 0.0970. The van der Waals surface area contributed by atoms with Crippen molar-refractivity contribution < 1.29 is 23.9 Å². The number of Topliss-reactive ketones (excluding diaryl/α,β-unsaturated/α-hetero) is 1. The molecule has 1 aromatic carbocycles. The van der Waals surface area contributed by atoms with Crippen molar-refractivity contribution in [3.05, 3.63) is 35.9 Å². The molecular formula is C18H24O5. The molecule has 0 bridgehead atoms. The van der Waals surface area contributed by atoms with Gasteiger partial charge in [0, 0.05) is 6.42 Å². The average Bonchev–Trinajstić information content (AvgIpc) is 2.44. The van der Waals surface area contributed by atoms with Crippen LogP contribution < -0.4 is 0 Å². The fourth-order valence-corrected chi connectivity index (χ4v) is 1.97. The molecule has 0 amide bonds. The zero-order chi connectivity index (χ0) is 17.5. The lowest BCUT2D eigenvalue weighted by Gasteiger charge is -2.20. The third kappa shape index (κ3) is 7.58. The first-order chi connectivity index (χ1) is 10.7. The van der Waals surface area contributed by atoms with Gasteiger partial charge in [-0.05, 0) is 39.7 Å². The van der Waals surface area contributed by atoms with Crippen molar-refractivity contribution in [3.63, 3.8) is 0 Å². The summed E-state index contributed by atoms with van der Waals surface area (Å²) in [4.78, 5) is 35.4. The number of carbonyl (C=O) groups is 3. The van der Waals surface area contributed by atoms with Gasteiger partial charge in [-0.25, -0.2) is 0 Å². The minimum Gasteiger partial charge on any atom is -0.460 e. The molecule has 1 aromatic rings. The van der Waals surface area contributed by atoms with Gasteiger partial charge in [0.25, 0.3) is 0 Å². The molecule has 5 nitrogen and oxygen atoms in total. The largest absolute Gasteiger partial charge is 0.460 e. The molecule has 0 aliphatic carbocycles. The van der Waals surface area contributed by atoms with E-state index in [1.807, 2.05) is 30.3 Å². The Morgan fingerprint density at radius 1 is 1.09 bits per heavy atom. The Balaban J connectivity index is 2.52. The third-order valence-corrected chi connectivity index (χ3v) is 3.06. The number of ether oxygens (including phenoxy) is 2. The van der Waals surface area contributed by atoms with Gasteiger partial charge in [-0.2, -0.15) is 0 Å². The fourth-order valence-electron chi connectivity index (χ4n) is 1.97. The molecule has 0 radical (unpaired) electrons. The van der Waals surface area contributed by atoms with Gasteiger partial charge in [-0.15, -0.1) is 0 Å². The third-order valence-electron chi connectivity index (χ3n) is 3.06. The highest BCUT2D eigenvalue weighted by molar-refractivity contribution is 5.98. The van der Waals surface area contributed by atoms with E-state index in [2.05, 4.69) is 0 Å². The van der Waals surface area contributed by atoms with E-state index in [1.54, 1.807) is 20.8 Å². The molecule has 0 fully saturated rings. The topological polar surface area (TPSA) is 69.7 Å². The summed E-state index contributed by atoms with van der Waals surface area (Å²) in [6.45, 7) is 6.73. The van der Waals surface area contributed by atoms with E-state index >= 15 is 0 Å². The van der Waals surface area contributed by atoms with Crippen molar-refractivity contribution in [1.82, 2.24) is 0 Å². The van der Waals surface area contributed by atoms with Crippen LogP contribution in [0.5, 0.6) is 0 Å². The Kier molecular flexibility index (Phi) is 6.94. The minimum absolute atomic E-state index is 0.00194. The van der Waals surface area contributed by atoms with Crippen LogP contribution in [0.15, 0.2) is 30.3 Å². The van der Waals surface area contributed by atoms with Crippen LogP contribution in [0.3, 0.4) is 0 Å². The lowest BCUT2D eigenvalue weighted by atomic mass is 9.99. The molecule has 0 heterocycles. The summed E-state index contributed by atoms with van der Waals surface area (Å²) in [5.74, 6) is -2.29. The molecule has 0 aliphatic heterocycles. The summed E-state index contributed by atoms with van der Waals surface area (Å²) in [5, 5.41) is 0. The van der Waals surface area contributed by atoms with Crippen molar-refractivity contribution in [1.29, 1.82) is 0 Å². The second kappa shape index (κ2) is 8.46. The number of benzene rings is 1. The summed E-state index contributed by atoms with van der Waals surface area (Å²) < 4.78 is 10.3. The Morgan fingerprint density at radius 3 is 2.22 bits per heavy atom. The van der Waals surface area contributed by atoms with Crippen molar-refractivity contribution in [2.24, 2.45) is 5.92 Å². The van der Waals surface area contributed by atoms with Crippen LogP contribution >= 0.6 is 0 Å². The second-order valence-electron chi connectivity index (χ2n) is 6.38. The number of esters is 2.